The first kappa shape index (κ1) is 12.5. The number of hydrogen-bond acceptors (Lipinski definition) is 3. The Morgan fingerprint density at radius 2 is 1.94 bits per heavy atom. The molecule has 1 unspecified atom stereocenters. The van der Waals surface area contributed by atoms with E-state index in [0.717, 1.165) is 11.3 Å². The van der Waals surface area contributed by atoms with E-state index in [4.69, 9.17) is 14.6 Å². The highest BCUT2D eigenvalue weighted by atomic mass is 16.5. The molecular formula is C12H16O4. The second kappa shape index (κ2) is 6.12. The van der Waals surface area contributed by atoms with Gasteiger partial charge in [-0.05, 0) is 24.1 Å². The quantitative estimate of drug-likeness (QED) is 0.797. The molecule has 88 valence electrons. The van der Waals surface area contributed by atoms with Crippen molar-refractivity contribution >= 4 is 5.97 Å². The predicted octanol–water partition coefficient (Wildman–Crippen LogP) is 1.58. The largest absolute Gasteiger partial charge is 0.497 e. The molecule has 0 aromatic heterocycles. The monoisotopic (exact) mass is 224 g/mol. The Balaban J connectivity index is 2.65. The Hall–Kier alpha value is -1.55. The molecule has 0 heterocycles. The highest BCUT2D eigenvalue weighted by Gasteiger charge is 2.17. The Morgan fingerprint density at radius 3 is 2.38 bits per heavy atom. The Bertz CT molecular complexity index is 331. The first-order chi connectivity index (χ1) is 7.67. The zero-order valence-electron chi connectivity index (χ0n) is 9.47. The van der Waals surface area contributed by atoms with Crippen molar-refractivity contribution in [3.8, 4) is 5.75 Å². The molecule has 1 rings (SSSR count). The number of hydrogen-bond donors (Lipinski definition) is 1. The molecule has 0 aliphatic rings. The summed E-state index contributed by atoms with van der Waals surface area (Å²) < 4.78 is 9.90. The molecule has 1 aromatic rings. The number of carboxylic acids is 1. The molecule has 0 aliphatic heterocycles. The second-order valence-corrected chi connectivity index (χ2v) is 3.54. The van der Waals surface area contributed by atoms with Gasteiger partial charge in [0.1, 0.15) is 5.75 Å². The minimum atomic E-state index is -0.835. The van der Waals surface area contributed by atoms with Crippen LogP contribution in [0.4, 0.5) is 0 Å². The highest BCUT2D eigenvalue weighted by molar-refractivity contribution is 5.70. The summed E-state index contributed by atoms with van der Waals surface area (Å²) in [4.78, 5) is 10.9. The number of ether oxygens (including phenoxy) is 2. The van der Waals surface area contributed by atoms with Crippen molar-refractivity contribution in [2.24, 2.45) is 5.92 Å². The van der Waals surface area contributed by atoms with Gasteiger partial charge >= 0.3 is 5.97 Å². The summed E-state index contributed by atoms with van der Waals surface area (Å²) in [5, 5.41) is 8.96. The van der Waals surface area contributed by atoms with E-state index < -0.39 is 11.9 Å². The zero-order chi connectivity index (χ0) is 12.0. The average Bonchev–Trinajstić information content (AvgIpc) is 2.29. The van der Waals surface area contributed by atoms with Gasteiger partial charge in [0.05, 0.1) is 19.6 Å². The fourth-order valence-electron chi connectivity index (χ4n) is 1.46. The van der Waals surface area contributed by atoms with Crippen LogP contribution in [0.5, 0.6) is 5.75 Å². The van der Waals surface area contributed by atoms with E-state index >= 15 is 0 Å². The standard InChI is InChI=1S/C12H16O4/c1-15-8-10(12(13)14)7-9-3-5-11(16-2)6-4-9/h3-6,10H,7-8H2,1-2H3,(H,13,14). The normalized spacial score (nSPS) is 12.1. The molecule has 0 amide bonds. The third-order valence-electron chi connectivity index (χ3n) is 2.36. The number of aliphatic carboxylic acids is 1. The molecule has 0 radical (unpaired) electrons. The molecular weight excluding hydrogens is 208 g/mol. The summed E-state index contributed by atoms with van der Waals surface area (Å²) in [5.41, 5.74) is 0.963. The van der Waals surface area contributed by atoms with Gasteiger partial charge < -0.3 is 14.6 Å². The van der Waals surface area contributed by atoms with Gasteiger partial charge in [0, 0.05) is 7.11 Å². The van der Waals surface area contributed by atoms with E-state index in [1.54, 1.807) is 7.11 Å². The lowest BCUT2D eigenvalue weighted by molar-refractivity contribution is -0.143. The molecule has 0 aliphatic carbocycles. The van der Waals surface area contributed by atoms with Gasteiger partial charge in [0.15, 0.2) is 0 Å². The maximum Gasteiger partial charge on any atom is 0.309 e. The van der Waals surface area contributed by atoms with Gasteiger partial charge in [-0.2, -0.15) is 0 Å². The number of benzene rings is 1. The van der Waals surface area contributed by atoms with Crippen molar-refractivity contribution in [3.63, 3.8) is 0 Å². The second-order valence-electron chi connectivity index (χ2n) is 3.54. The lowest BCUT2D eigenvalue weighted by atomic mass is 10.0. The van der Waals surface area contributed by atoms with Crippen molar-refractivity contribution in [3.05, 3.63) is 29.8 Å². The lowest BCUT2D eigenvalue weighted by Gasteiger charge is -2.11. The van der Waals surface area contributed by atoms with Gasteiger partial charge in [-0.25, -0.2) is 0 Å². The maximum atomic E-state index is 10.9. The summed E-state index contributed by atoms with van der Waals surface area (Å²) in [7, 11) is 3.10. The van der Waals surface area contributed by atoms with Gasteiger partial charge in [0.25, 0.3) is 0 Å². The van der Waals surface area contributed by atoms with E-state index in [2.05, 4.69) is 0 Å². The summed E-state index contributed by atoms with van der Waals surface area (Å²) in [6.45, 7) is 0.224. The van der Waals surface area contributed by atoms with Crippen molar-refractivity contribution < 1.29 is 19.4 Å². The van der Waals surface area contributed by atoms with E-state index in [9.17, 15) is 4.79 Å². The third-order valence-corrected chi connectivity index (χ3v) is 2.36. The highest BCUT2D eigenvalue weighted by Crippen LogP contribution is 2.15. The van der Waals surface area contributed by atoms with Crippen LogP contribution < -0.4 is 4.74 Å². The molecule has 1 atom stereocenters. The Morgan fingerprint density at radius 1 is 1.31 bits per heavy atom. The minimum absolute atomic E-state index is 0.224. The number of rotatable bonds is 6. The molecule has 1 N–H and O–H groups in total. The average molecular weight is 224 g/mol. The molecule has 0 bridgehead atoms. The van der Waals surface area contributed by atoms with Gasteiger partial charge in [-0.3, -0.25) is 4.79 Å². The first-order valence-corrected chi connectivity index (χ1v) is 5.02. The van der Waals surface area contributed by atoms with Crippen LogP contribution in [0.1, 0.15) is 5.56 Å². The molecule has 0 spiro atoms. The topological polar surface area (TPSA) is 55.8 Å². The van der Waals surface area contributed by atoms with Gasteiger partial charge in [0.2, 0.25) is 0 Å². The fourth-order valence-corrected chi connectivity index (χ4v) is 1.46. The van der Waals surface area contributed by atoms with Crippen LogP contribution in [0, 0.1) is 5.92 Å². The molecule has 16 heavy (non-hydrogen) atoms. The van der Waals surface area contributed by atoms with Gasteiger partial charge in [-0.15, -0.1) is 0 Å². The molecule has 4 nitrogen and oxygen atoms in total. The van der Waals surface area contributed by atoms with Crippen LogP contribution in [0.2, 0.25) is 0 Å². The van der Waals surface area contributed by atoms with Crippen molar-refractivity contribution in [1.82, 2.24) is 0 Å². The summed E-state index contributed by atoms with van der Waals surface area (Å²) in [6, 6.07) is 7.37. The van der Waals surface area contributed by atoms with Crippen molar-refractivity contribution in [2.45, 2.75) is 6.42 Å². The van der Waals surface area contributed by atoms with Crippen LogP contribution in [-0.4, -0.2) is 31.9 Å². The smallest absolute Gasteiger partial charge is 0.309 e. The predicted molar refractivity (Wildman–Crippen MR) is 59.7 cm³/mol. The van der Waals surface area contributed by atoms with Crippen LogP contribution in [0.3, 0.4) is 0 Å². The zero-order valence-corrected chi connectivity index (χ0v) is 9.47. The molecule has 4 heteroatoms. The fraction of sp³-hybridized carbons (Fsp3) is 0.417. The first-order valence-electron chi connectivity index (χ1n) is 5.02. The molecule has 0 saturated heterocycles. The lowest BCUT2D eigenvalue weighted by Crippen LogP contribution is -2.21. The van der Waals surface area contributed by atoms with Crippen molar-refractivity contribution in [2.75, 3.05) is 20.8 Å². The van der Waals surface area contributed by atoms with Crippen molar-refractivity contribution in [1.29, 1.82) is 0 Å². The van der Waals surface area contributed by atoms with Crippen LogP contribution >= 0.6 is 0 Å². The van der Waals surface area contributed by atoms with Crippen LogP contribution in [0.15, 0.2) is 24.3 Å². The summed E-state index contributed by atoms with van der Waals surface area (Å²) in [5.74, 6) is -0.571. The van der Waals surface area contributed by atoms with Gasteiger partial charge in [-0.1, -0.05) is 12.1 Å². The van der Waals surface area contributed by atoms with E-state index in [1.165, 1.54) is 7.11 Å². The number of carbonyl (C=O) groups is 1. The van der Waals surface area contributed by atoms with E-state index in [0.29, 0.717) is 6.42 Å². The van der Waals surface area contributed by atoms with Crippen LogP contribution in [0.25, 0.3) is 0 Å². The SMILES string of the molecule is COCC(Cc1ccc(OC)cc1)C(=O)O. The maximum absolute atomic E-state index is 10.9. The van der Waals surface area contributed by atoms with E-state index in [1.807, 2.05) is 24.3 Å². The molecule has 0 saturated carbocycles. The minimum Gasteiger partial charge on any atom is -0.497 e. The third kappa shape index (κ3) is 3.55. The van der Waals surface area contributed by atoms with Crippen LogP contribution in [-0.2, 0) is 16.0 Å². The van der Waals surface area contributed by atoms with E-state index in [-0.39, 0.29) is 6.61 Å². The Labute approximate surface area is 94.8 Å². The number of carboxylic acid groups (broad SMARTS) is 1. The summed E-state index contributed by atoms with van der Waals surface area (Å²) in [6.07, 6.45) is 0.465. The summed E-state index contributed by atoms with van der Waals surface area (Å²) >= 11 is 0. The molecule has 0 fully saturated rings. The number of methoxy groups -OCH3 is 2. The molecule has 1 aromatic carbocycles. The Kier molecular flexibility index (Phi) is 4.79.